The zero-order chi connectivity index (χ0) is 16.6. The number of nitrogens with zero attached hydrogens (tertiary/aromatic N) is 1. The Hall–Kier alpha value is -2.63. The topological polar surface area (TPSA) is 118 Å². The molecular formula is C15H14N4O3S. The molecule has 0 aliphatic heterocycles. The van der Waals surface area contributed by atoms with Crippen molar-refractivity contribution in [1.29, 1.82) is 0 Å². The Bertz CT molecular complexity index is 987. The second-order valence-electron chi connectivity index (χ2n) is 5.12. The Morgan fingerprint density at radius 1 is 1.39 bits per heavy atom. The van der Waals surface area contributed by atoms with E-state index in [4.69, 9.17) is 12.2 Å². The number of anilines is 1. The van der Waals surface area contributed by atoms with Crippen LogP contribution in [-0.2, 0) is 22.9 Å². The van der Waals surface area contributed by atoms with Gasteiger partial charge in [0, 0.05) is 0 Å². The smallest absolute Gasteiger partial charge is 0.260 e. The van der Waals surface area contributed by atoms with Crippen LogP contribution in [0.1, 0.15) is 11.3 Å². The molecule has 1 aromatic carbocycles. The van der Waals surface area contributed by atoms with Crippen molar-refractivity contribution in [2.75, 3.05) is 12.3 Å². The van der Waals surface area contributed by atoms with Gasteiger partial charge in [-0.25, -0.2) is 13.4 Å². The van der Waals surface area contributed by atoms with Crippen LogP contribution < -0.4 is 16.0 Å². The summed E-state index contributed by atoms with van der Waals surface area (Å²) in [5.41, 5.74) is 7.76. The standard InChI is InChI=1S/C15H14N4O3S/c1-2-7-17-23(21,22)10-4-5-11-9(8-10)3-6-12-13(11)14(20)19-15(16)18-12/h1,4-5,8,17H,3,6-7H2,(H3,16,18,19,20). The number of terminal acetylenes is 1. The molecule has 1 aromatic heterocycles. The minimum absolute atomic E-state index is 0.0783. The van der Waals surface area contributed by atoms with Gasteiger partial charge in [-0.05, 0) is 36.1 Å². The Labute approximate surface area is 133 Å². The normalized spacial score (nSPS) is 13.0. The molecule has 8 heteroatoms. The second kappa shape index (κ2) is 5.53. The monoisotopic (exact) mass is 330 g/mol. The molecule has 1 aliphatic carbocycles. The van der Waals surface area contributed by atoms with Crippen LogP contribution in [0.15, 0.2) is 27.9 Å². The van der Waals surface area contributed by atoms with Crippen LogP contribution in [-0.4, -0.2) is 24.9 Å². The van der Waals surface area contributed by atoms with Crippen LogP contribution >= 0.6 is 0 Å². The van der Waals surface area contributed by atoms with Gasteiger partial charge in [-0.1, -0.05) is 12.0 Å². The summed E-state index contributed by atoms with van der Waals surface area (Å²) in [5, 5.41) is 0. The molecule has 1 aliphatic rings. The number of nitrogen functional groups attached to an aromatic ring is 1. The van der Waals surface area contributed by atoms with E-state index < -0.39 is 10.0 Å². The predicted molar refractivity (Wildman–Crippen MR) is 86.1 cm³/mol. The molecule has 3 rings (SSSR count). The fourth-order valence-electron chi connectivity index (χ4n) is 2.66. The lowest BCUT2D eigenvalue weighted by Crippen LogP contribution is -2.25. The molecule has 118 valence electrons. The number of hydrogen-bond donors (Lipinski definition) is 3. The van der Waals surface area contributed by atoms with E-state index in [2.05, 4.69) is 20.6 Å². The summed E-state index contributed by atoms with van der Waals surface area (Å²) in [6, 6.07) is 4.63. The molecule has 0 unspecified atom stereocenters. The summed E-state index contributed by atoms with van der Waals surface area (Å²) >= 11 is 0. The molecule has 0 bridgehead atoms. The Morgan fingerprint density at radius 3 is 2.91 bits per heavy atom. The van der Waals surface area contributed by atoms with Crippen molar-refractivity contribution in [3.05, 3.63) is 39.8 Å². The number of sulfonamides is 1. The molecule has 0 amide bonds. The number of aryl methyl sites for hydroxylation is 2. The van der Waals surface area contributed by atoms with E-state index >= 15 is 0 Å². The lowest BCUT2D eigenvalue weighted by atomic mass is 9.89. The van der Waals surface area contributed by atoms with Crippen LogP contribution in [0.25, 0.3) is 11.1 Å². The lowest BCUT2D eigenvalue weighted by molar-refractivity contribution is 0.586. The number of H-pyrrole nitrogens is 1. The van der Waals surface area contributed by atoms with Crippen LogP contribution in [0.2, 0.25) is 0 Å². The second-order valence-corrected chi connectivity index (χ2v) is 6.89. The van der Waals surface area contributed by atoms with Crippen LogP contribution in [0.3, 0.4) is 0 Å². The summed E-state index contributed by atoms with van der Waals surface area (Å²) in [6.45, 7) is -0.0783. The van der Waals surface area contributed by atoms with Gasteiger partial charge in [-0.2, -0.15) is 4.72 Å². The maximum Gasteiger partial charge on any atom is 0.260 e. The molecule has 23 heavy (non-hydrogen) atoms. The Morgan fingerprint density at radius 2 is 2.17 bits per heavy atom. The third-order valence-electron chi connectivity index (χ3n) is 3.66. The molecule has 0 atom stereocenters. The van der Waals surface area contributed by atoms with E-state index in [9.17, 15) is 13.2 Å². The van der Waals surface area contributed by atoms with Gasteiger partial charge in [0.1, 0.15) is 0 Å². The van der Waals surface area contributed by atoms with Gasteiger partial charge in [0.15, 0.2) is 0 Å². The molecule has 0 saturated heterocycles. The predicted octanol–water partition coefficient (Wildman–Crippen LogP) is 0.0292. The van der Waals surface area contributed by atoms with Gasteiger partial charge in [0.25, 0.3) is 5.56 Å². The van der Waals surface area contributed by atoms with Crippen molar-refractivity contribution in [1.82, 2.24) is 14.7 Å². The zero-order valence-corrected chi connectivity index (χ0v) is 12.9. The highest BCUT2D eigenvalue weighted by Gasteiger charge is 2.23. The van der Waals surface area contributed by atoms with E-state index in [1.807, 2.05) is 0 Å². The van der Waals surface area contributed by atoms with Gasteiger partial charge in [0.2, 0.25) is 16.0 Å². The molecule has 7 nitrogen and oxygen atoms in total. The van der Waals surface area contributed by atoms with Crippen molar-refractivity contribution >= 4 is 16.0 Å². The van der Waals surface area contributed by atoms with Crippen molar-refractivity contribution in [3.63, 3.8) is 0 Å². The number of fused-ring (bicyclic) bond motifs is 3. The number of rotatable bonds is 3. The largest absolute Gasteiger partial charge is 0.369 e. The first kappa shape index (κ1) is 15.3. The van der Waals surface area contributed by atoms with Gasteiger partial charge in [-0.15, -0.1) is 6.42 Å². The Balaban J connectivity index is 2.10. The summed E-state index contributed by atoms with van der Waals surface area (Å²) in [4.78, 5) is 18.9. The molecule has 0 spiro atoms. The average Bonchev–Trinajstić information content (AvgIpc) is 2.51. The lowest BCUT2D eigenvalue weighted by Gasteiger charge is -2.19. The van der Waals surface area contributed by atoms with E-state index in [1.54, 1.807) is 12.1 Å². The molecule has 0 fully saturated rings. The highest BCUT2D eigenvalue weighted by molar-refractivity contribution is 7.89. The summed E-state index contributed by atoms with van der Waals surface area (Å²) in [5.74, 6) is 2.30. The highest BCUT2D eigenvalue weighted by Crippen LogP contribution is 2.31. The molecule has 0 radical (unpaired) electrons. The van der Waals surface area contributed by atoms with E-state index in [0.29, 0.717) is 29.7 Å². The van der Waals surface area contributed by atoms with Crippen molar-refractivity contribution < 1.29 is 8.42 Å². The number of aromatic nitrogens is 2. The van der Waals surface area contributed by atoms with Crippen LogP contribution in [0.5, 0.6) is 0 Å². The first-order valence-electron chi connectivity index (χ1n) is 6.87. The van der Waals surface area contributed by atoms with Crippen molar-refractivity contribution in [2.24, 2.45) is 0 Å². The fourth-order valence-corrected chi connectivity index (χ4v) is 3.64. The maximum atomic E-state index is 12.1. The third-order valence-corrected chi connectivity index (χ3v) is 5.06. The molecule has 4 N–H and O–H groups in total. The molecular weight excluding hydrogens is 316 g/mol. The minimum Gasteiger partial charge on any atom is -0.369 e. The first-order chi connectivity index (χ1) is 10.9. The van der Waals surface area contributed by atoms with E-state index in [1.165, 1.54) is 6.07 Å². The maximum absolute atomic E-state index is 12.1. The number of aromatic amines is 1. The van der Waals surface area contributed by atoms with Gasteiger partial charge in [0.05, 0.1) is 22.7 Å². The van der Waals surface area contributed by atoms with Crippen molar-refractivity contribution in [3.8, 4) is 23.5 Å². The van der Waals surface area contributed by atoms with E-state index in [0.717, 1.165) is 5.56 Å². The minimum atomic E-state index is -3.66. The van der Waals surface area contributed by atoms with E-state index in [-0.39, 0.29) is 22.9 Å². The Kier molecular flexibility index (Phi) is 3.67. The number of nitrogens with two attached hydrogens (primary N) is 1. The third kappa shape index (κ3) is 2.72. The SMILES string of the molecule is C#CCNS(=O)(=O)c1ccc2c(c1)CCc1nc(N)[nH]c(=O)c1-2. The van der Waals surface area contributed by atoms with Gasteiger partial charge < -0.3 is 5.73 Å². The average molecular weight is 330 g/mol. The summed E-state index contributed by atoms with van der Waals surface area (Å²) in [6.07, 6.45) is 6.18. The van der Waals surface area contributed by atoms with Crippen molar-refractivity contribution in [2.45, 2.75) is 17.7 Å². The first-order valence-corrected chi connectivity index (χ1v) is 8.36. The molecule has 0 saturated carbocycles. The van der Waals surface area contributed by atoms with Gasteiger partial charge in [-0.3, -0.25) is 9.78 Å². The van der Waals surface area contributed by atoms with Gasteiger partial charge >= 0.3 is 0 Å². The molecule has 2 aromatic rings. The summed E-state index contributed by atoms with van der Waals surface area (Å²) < 4.78 is 26.6. The molecule has 1 heterocycles. The zero-order valence-electron chi connectivity index (χ0n) is 12.1. The van der Waals surface area contributed by atoms with Crippen LogP contribution in [0.4, 0.5) is 5.95 Å². The highest BCUT2D eigenvalue weighted by atomic mass is 32.2. The number of benzene rings is 1. The fraction of sp³-hybridized carbons (Fsp3) is 0.200. The summed E-state index contributed by atoms with van der Waals surface area (Å²) in [7, 11) is -3.66. The number of hydrogen-bond acceptors (Lipinski definition) is 5. The van der Waals surface area contributed by atoms with Crippen LogP contribution in [0, 0.1) is 12.3 Å². The number of nitrogens with one attached hydrogen (secondary N) is 2. The quantitative estimate of drug-likeness (QED) is 0.686.